The molecular formula is C23H32N2O. The summed E-state index contributed by atoms with van der Waals surface area (Å²) in [4.78, 5) is 0. The van der Waals surface area contributed by atoms with Gasteiger partial charge < -0.3 is 15.4 Å². The molecule has 0 heterocycles. The Morgan fingerprint density at radius 3 is 2.46 bits per heavy atom. The van der Waals surface area contributed by atoms with Crippen LogP contribution in [0.5, 0.6) is 5.75 Å². The first-order valence-corrected chi connectivity index (χ1v) is 10.0. The summed E-state index contributed by atoms with van der Waals surface area (Å²) in [5, 5.41) is 7.52. The van der Waals surface area contributed by atoms with Crippen LogP contribution in [-0.4, -0.2) is 19.7 Å². The van der Waals surface area contributed by atoms with Gasteiger partial charge in [-0.15, -0.1) is 0 Å². The number of nitrogens with one attached hydrogen (secondary N) is 2. The number of methoxy groups -OCH3 is 1. The number of benzene rings is 2. The highest BCUT2D eigenvalue weighted by molar-refractivity contribution is 5.33. The normalized spacial score (nSPS) is 16.3. The molecule has 3 rings (SSSR count). The Morgan fingerprint density at radius 1 is 0.962 bits per heavy atom. The summed E-state index contributed by atoms with van der Waals surface area (Å²) in [5.41, 5.74) is 2.56. The van der Waals surface area contributed by atoms with Gasteiger partial charge in [0.1, 0.15) is 5.75 Å². The zero-order chi connectivity index (χ0) is 18.0. The van der Waals surface area contributed by atoms with Crippen LogP contribution in [0.2, 0.25) is 0 Å². The van der Waals surface area contributed by atoms with Crippen LogP contribution in [0.15, 0.2) is 54.6 Å². The van der Waals surface area contributed by atoms with E-state index in [2.05, 4.69) is 53.1 Å². The molecule has 1 unspecified atom stereocenters. The maximum Gasteiger partial charge on any atom is 0.123 e. The monoisotopic (exact) mass is 352 g/mol. The lowest BCUT2D eigenvalue weighted by molar-refractivity contribution is 0.359. The number of hydrogen-bond donors (Lipinski definition) is 2. The average Bonchev–Trinajstić information content (AvgIpc) is 2.72. The van der Waals surface area contributed by atoms with Gasteiger partial charge in [0, 0.05) is 24.2 Å². The maximum absolute atomic E-state index is 5.49. The lowest BCUT2D eigenvalue weighted by Crippen LogP contribution is -2.34. The van der Waals surface area contributed by atoms with E-state index in [1.807, 2.05) is 12.1 Å². The molecule has 0 spiro atoms. The number of rotatable bonds is 9. The van der Waals surface area contributed by atoms with Crippen molar-refractivity contribution in [1.29, 1.82) is 0 Å². The summed E-state index contributed by atoms with van der Waals surface area (Å²) >= 11 is 0. The second-order valence-electron chi connectivity index (χ2n) is 7.23. The Kier molecular flexibility index (Phi) is 7.53. The van der Waals surface area contributed by atoms with Gasteiger partial charge in [0.25, 0.3) is 0 Å². The van der Waals surface area contributed by atoms with Crippen molar-refractivity contribution in [3.8, 4) is 5.75 Å². The van der Waals surface area contributed by atoms with Crippen molar-refractivity contribution in [2.24, 2.45) is 0 Å². The minimum absolute atomic E-state index is 0.345. The molecule has 1 aliphatic carbocycles. The fourth-order valence-electron chi connectivity index (χ4n) is 3.89. The highest BCUT2D eigenvalue weighted by Gasteiger charge is 2.15. The van der Waals surface area contributed by atoms with E-state index in [1.165, 1.54) is 43.2 Å². The molecule has 0 saturated heterocycles. The largest absolute Gasteiger partial charge is 0.496 e. The zero-order valence-corrected chi connectivity index (χ0v) is 15.9. The van der Waals surface area contributed by atoms with E-state index in [0.29, 0.717) is 6.04 Å². The maximum atomic E-state index is 5.49. The van der Waals surface area contributed by atoms with Gasteiger partial charge in [0.2, 0.25) is 0 Å². The van der Waals surface area contributed by atoms with E-state index in [0.717, 1.165) is 31.3 Å². The second kappa shape index (κ2) is 10.3. The number of para-hydroxylation sites is 1. The quantitative estimate of drug-likeness (QED) is 0.677. The van der Waals surface area contributed by atoms with Crippen LogP contribution >= 0.6 is 0 Å². The smallest absolute Gasteiger partial charge is 0.123 e. The Morgan fingerprint density at radius 2 is 1.69 bits per heavy atom. The van der Waals surface area contributed by atoms with E-state index in [4.69, 9.17) is 4.74 Å². The molecule has 2 N–H and O–H groups in total. The minimum atomic E-state index is 0.345. The molecule has 0 amide bonds. The number of ether oxygens (including phenoxy) is 1. The fraction of sp³-hybridized carbons (Fsp3) is 0.478. The first kappa shape index (κ1) is 18.9. The Labute approximate surface area is 158 Å². The summed E-state index contributed by atoms with van der Waals surface area (Å²) in [6.45, 7) is 1.87. The molecule has 0 radical (unpaired) electrons. The Balaban J connectivity index is 1.58. The van der Waals surface area contributed by atoms with Crippen molar-refractivity contribution in [3.63, 3.8) is 0 Å². The van der Waals surface area contributed by atoms with Crippen LogP contribution < -0.4 is 15.4 Å². The van der Waals surface area contributed by atoms with Crippen LogP contribution in [0.4, 0.5) is 0 Å². The predicted octanol–water partition coefficient (Wildman–Crippen LogP) is 4.84. The summed E-state index contributed by atoms with van der Waals surface area (Å²) in [6, 6.07) is 20.1. The van der Waals surface area contributed by atoms with Crippen molar-refractivity contribution in [3.05, 3.63) is 65.7 Å². The van der Waals surface area contributed by atoms with Gasteiger partial charge in [-0.1, -0.05) is 67.8 Å². The third-order valence-electron chi connectivity index (χ3n) is 5.40. The van der Waals surface area contributed by atoms with Crippen molar-refractivity contribution in [1.82, 2.24) is 10.6 Å². The Hall–Kier alpha value is -1.84. The topological polar surface area (TPSA) is 33.3 Å². The van der Waals surface area contributed by atoms with E-state index in [-0.39, 0.29) is 0 Å². The highest BCUT2D eigenvalue weighted by Crippen LogP contribution is 2.22. The summed E-state index contributed by atoms with van der Waals surface area (Å²) < 4.78 is 5.49. The van der Waals surface area contributed by atoms with Crippen LogP contribution in [0.25, 0.3) is 0 Å². The highest BCUT2D eigenvalue weighted by atomic mass is 16.5. The molecule has 2 aromatic rings. The standard InChI is InChI=1S/C23H32N2O/c1-26-23-15-9-8-12-20(23)18-25-22(19-10-4-2-5-11-19)16-17-24-21-13-6-3-7-14-21/h2,4-5,8-12,15,21-22,24-25H,3,6-7,13-14,16-18H2,1H3. The van der Waals surface area contributed by atoms with E-state index < -0.39 is 0 Å². The Bertz CT molecular complexity index is 638. The molecule has 1 fully saturated rings. The average molecular weight is 353 g/mol. The molecule has 2 aromatic carbocycles. The molecule has 140 valence electrons. The van der Waals surface area contributed by atoms with Crippen LogP contribution in [0.1, 0.15) is 55.7 Å². The minimum Gasteiger partial charge on any atom is -0.496 e. The molecule has 0 aliphatic heterocycles. The summed E-state index contributed by atoms with van der Waals surface area (Å²) in [6.07, 6.45) is 7.94. The van der Waals surface area contributed by atoms with Crippen molar-refractivity contribution >= 4 is 0 Å². The molecule has 3 nitrogen and oxygen atoms in total. The lowest BCUT2D eigenvalue weighted by atomic mass is 9.95. The molecule has 0 aromatic heterocycles. The van der Waals surface area contributed by atoms with Crippen LogP contribution in [0, 0.1) is 0 Å². The van der Waals surface area contributed by atoms with Gasteiger partial charge in [0.05, 0.1) is 7.11 Å². The third kappa shape index (κ3) is 5.58. The van der Waals surface area contributed by atoms with E-state index in [9.17, 15) is 0 Å². The summed E-state index contributed by atoms with van der Waals surface area (Å²) in [7, 11) is 1.74. The van der Waals surface area contributed by atoms with E-state index in [1.54, 1.807) is 7.11 Å². The zero-order valence-electron chi connectivity index (χ0n) is 15.9. The van der Waals surface area contributed by atoms with Crippen molar-refractivity contribution in [2.75, 3.05) is 13.7 Å². The molecule has 1 saturated carbocycles. The van der Waals surface area contributed by atoms with Crippen molar-refractivity contribution in [2.45, 2.75) is 57.2 Å². The van der Waals surface area contributed by atoms with Crippen molar-refractivity contribution < 1.29 is 4.74 Å². The predicted molar refractivity (Wildman–Crippen MR) is 109 cm³/mol. The molecule has 1 atom stereocenters. The lowest BCUT2D eigenvalue weighted by Gasteiger charge is -2.25. The molecule has 1 aliphatic rings. The first-order valence-electron chi connectivity index (χ1n) is 10.0. The molecule has 26 heavy (non-hydrogen) atoms. The SMILES string of the molecule is COc1ccccc1CNC(CCNC1CCCCC1)c1ccccc1. The van der Waals surface area contributed by atoms with Gasteiger partial charge in [-0.25, -0.2) is 0 Å². The van der Waals surface area contributed by atoms with Gasteiger partial charge in [-0.2, -0.15) is 0 Å². The molecular weight excluding hydrogens is 320 g/mol. The van der Waals surface area contributed by atoms with Crippen LogP contribution in [0.3, 0.4) is 0 Å². The number of hydrogen-bond acceptors (Lipinski definition) is 3. The summed E-state index contributed by atoms with van der Waals surface area (Å²) in [5.74, 6) is 0.951. The first-order chi connectivity index (χ1) is 12.9. The molecule has 0 bridgehead atoms. The third-order valence-corrected chi connectivity index (χ3v) is 5.40. The van der Waals surface area contributed by atoms with Gasteiger partial charge in [-0.3, -0.25) is 0 Å². The van der Waals surface area contributed by atoms with Gasteiger partial charge in [0.15, 0.2) is 0 Å². The molecule has 3 heteroatoms. The van der Waals surface area contributed by atoms with E-state index >= 15 is 0 Å². The van der Waals surface area contributed by atoms with Gasteiger partial charge >= 0.3 is 0 Å². The fourth-order valence-corrected chi connectivity index (χ4v) is 3.89. The van der Waals surface area contributed by atoms with Crippen LogP contribution in [-0.2, 0) is 6.54 Å². The second-order valence-corrected chi connectivity index (χ2v) is 7.23. The van der Waals surface area contributed by atoms with Gasteiger partial charge in [-0.05, 0) is 37.4 Å².